The van der Waals surface area contributed by atoms with Crippen molar-refractivity contribution in [3.8, 4) is 5.75 Å². The summed E-state index contributed by atoms with van der Waals surface area (Å²) in [5.41, 5.74) is 0.671. The first-order valence-corrected chi connectivity index (χ1v) is 9.17. The molecule has 3 rings (SSSR count). The van der Waals surface area contributed by atoms with Gasteiger partial charge in [0.2, 0.25) is 10.0 Å². The topological polar surface area (TPSA) is 57.6 Å². The second-order valence-electron chi connectivity index (χ2n) is 5.24. The molecular weight excluding hydrogens is 306 g/mol. The summed E-state index contributed by atoms with van der Waals surface area (Å²) >= 11 is 1.59. The van der Waals surface area contributed by atoms with Crippen molar-refractivity contribution in [3.63, 3.8) is 0 Å². The van der Waals surface area contributed by atoms with Crippen LogP contribution in [0, 0.1) is 6.92 Å². The zero-order valence-electron chi connectivity index (χ0n) is 11.7. The molecule has 2 heterocycles. The van der Waals surface area contributed by atoms with E-state index in [1.165, 1.54) is 6.07 Å². The van der Waals surface area contributed by atoms with Crippen molar-refractivity contribution in [2.24, 2.45) is 0 Å². The third-order valence-corrected chi connectivity index (χ3v) is 6.74. The van der Waals surface area contributed by atoms with Gasteiger partial charge in [-0.15, -0.1) is 11.3 Å². The Balaban J connectivity index is 1.99. The number of hydrogen-bond acceptors (Lipinski definition) is 4. The Hall–Kier alpha value is -1.37. The molecule has 6 heteroatoms. The molecule has 0 aliphatic carbocycles. The highest BCUT2D eigenvalue weighted by atomic mass is 32.2. The van der Waals surface area contributed by atoms with Gasteiger partial charge in [-0.25, -0.2) is 8.42 Å². The summed E-state index contributed by atoms with van der Waals surface area (Å²) in [6, 6.07) is 8.39. The van der Waals surface area contributed by atoms with Crippen LogP contribution in [0.15, 0.2) is 40.6 Å². The van der Waals surface area contributed by atoms with Crippen LogP contribution >= 0.6 is 11.3 Å². The standard InChI is InChI=1S/C15H17NO3S2/c1-11-6-7-12(10-14(11)17)21(18,19)16-8-2-4-13(16)15-5-3-9-20-15/h3,5-7,9-10,13,17H,2,4,8H2,1H3. The first-order valence-electron chi connectivity index (χ1n) is 6.85. The number of sulfonamides is 1. The molecule has 1 aromatic carbocycles. The van der Waals surface area contributed by atoms with Crippen LogP contribution in [-0.2, 0) is 10.0 Å². The van der Waals surface area contributed by atoms with E-state index in [-0.39, 0.29) is 16.7 Å². The molecule has 0 radical (unpaired) electrons. The molecule has 1 aromatic heterocycles. The van der Waals surface area contributed by atoms with Gasteiger partial charge in [0.1, 0.15) is 5.75 Å². The normalized spacial score (nSPS) is 20.0. The predicted octanol–water partition coefficient (Wildman–Crippen LogP) is 3.29. The van der Waals surface area contributed by atoms with E-state index in [1.807, 2.05) is 17.5 Å². The Bertz CT molecular complexity index is 738. The fraction of sp³-hybridized carbons (Fsp3) is 0.333. The second-order valence-corrected chi connectivity index (χ2v) is 8.11. The summed E-state index contributed by atoms with van der Waals surface area (Å²) < 4.78 is 27.2. The van der Waals surface area contributed by atoms with Crippen molar-refractivity contribution < 1.29 is 13.5 Å². The molecule has 1 atom stereocenters. The third kappa shape index (κ3) is 2.59. The lowest BCUT2D eigenvalue weighted by Crippen LogP contribution is -2.30. The molecule has 0 spiro atoms. The van der Waals surface area contributed by atoms with Gasteiger partial charge in [0.05, 0.1) is 10.9 Å². The first kappa shape index (κ1) is 14.6. The molecule has 4 nitrogen and oxygen atoms in total. The van der Waals surface area contributed by atoms with E-state index in [4.69, 9.17) is 0 Å². The molecule has 1 unspecified atom stereocenters. The van der Waals surface area contributed by atoms with Crippen LogP contribution in [0.2, 0.25) is 0 Å². The summed E-state index contributed by atoms with van der Waals surface area (Å²) in [5, 5.41) is 11.7. The number of benzene rings is 1. The molecule has 21 heavy (non-hydrogen) atoms. The molecule has 1 aliphatic heterocycles. The third-order valence-electron chi connectivity index (χ3n) is 3.86. The predicted molar refractivity (Wildman–Crippen MR) is 83.0 cm³/mol. The van der Waals surface area contributed by atoms with Crippen LogP contribution in [0.3, 0.4) is 0 Å². The minimum atomic E-state index is -3.57. The van der Waals surface area contributed by atoms with Crippen LogP contribution in [0.4, 0.5) is 0 Å². The number of rotatable bonds is 3. The average molecular weight is 323 g/mol. The minimum absolute atomic E-state index is 0.0166. The average Bonchev–Trinajstić information content (AvgIpc) is 3.11. The number of aryl methyl sites for hydroxylation is 1. The molecule has 0 amide bonds. The molecule has 1 N–H and O–H groups in total. The Kier molecular flexibility index (Phi) is 3.77. The fourth-order valence-corrected chi connectivity index (χ4v) is 5.31. The van der Waals surface area contributed by atoms with Crippen molar-refractivity contribution >= 4 is 21.4 Å². The summed E-state index contributed by atoms with van der Waals surface area (Å²) in [6.07, 6.45) is 1.71. The second kappa shape index (κ2) is 5.44. The lowest BCUT2D eigenvalue weighted by Gasteiger charge is -2.23. The van der Waals surface area contributed by atoms with Crippen LogP contribution in [0.5, 0.6) is 5.75 Å². The van der Waals surface area contributed by atoms with Gasteiger partial charge in [0.25, 0.3) is 0 Å². The zero-order chi connectivity index (χ0) is 15.0. The lowest BCUT2D eigenvalue weighted by molar-refractivity contribution is 0.400. The van der Waals surface area contributed by atoms with Gasteiger partial charge in [0.15, 0.2) is 0 Å². The molecule has 112 valence electrons. The maximum Gasteiger partial charge on any atom is 0.243 e. The van der Waals surface area contributed by atoms with E-state index in [0.717, 1.165) is 17.7 Å². The first-order chi connectivity index (χ1) is 10.00. The summed E-state index contributed by atoms with van der Waals surface area (Å²) in [5.74, 6) is 0.0166. The van der Waals surface area contributed by atoms with E-state index < -0.39 is 10.0 Å². The SMILES string of the molecule is Cc1ccc(S(=O)(=O)N2CCCC2c2cccs2)cc1O. The fourth-order valence-electron chi connectivity index (χ4n) is 2.68. The number of aromatic hydroxyl groups is 1. The highest BCUT2D eigenvalue weighted by molar-refractivity contribution is 7.89. The van der Waals surface area contributed by atoms with Crippen LogP contribution < -0.4 is 0 Å². The molecule has 0 bridgehead atoms. The summed E-state index contributed by atoms with van der Waals surface area (Å²) in [7, 11) is -3.57. The van der Waals surface area contributed by atoms with Crippen LogP contribution in [0.25, 0.3) is 0 Å². The molecule has 1 fully saturated rings. The number of nitrogens with zero attached hydrogens (tertiary/aromatic N) is 1. The molecular formula is C15H17NO3S2. The van der Waals surface area contributed by atoms with Gasteiger partial charge in [-0.3, -0.25) is 0 Å². The zero-order valence-corrected chi connectivity index (χ0v) is 13.3. The van der Waals surface area contributed by atoms with E-state index in [2.05, 4.69) is 0 Å². The van der Waals surface area contributed by atoms with Gasteiger partial charge in [0, 0.05) is 17.5 Å². The number of phenols is 1. The van der Waals surface area contributed by atoms with Gasteiger partial charge in [-0.1, -0.05) is 12.1 Å². The van der Waals surface area contributed by atoms with E-state index in [1.54, 1.807) is 34.7 Å². The van der Waals surface area contributed by atoms with E-state index in [0.29, 0.717) is 12.1 Å². The van der Waals surface area contributed by atoms with Crippen molar-refractivity contribution in [2.45, 2.75) is 30.7 Å². The lowest BCUT2D eigenvalue weighted by atomic mass is 10.2. The molecule has 1 aliphatic rings. The van der Waals surface area contributed by atoms with Crippen LogP contribution in [-0.4, -0.2) is 24.4 Å². The Morgan fingerprint density at radius 3 is 2.81 bits per heavy atom. The van der Waals surface area contributed by atoms with Crippen molar-refractivity contribution in [1.82, 2.24) is 4.31 Å². The van der Waals surface area contributed by atoms with Gasteiger partial charge in [-0.05, 0) is 42.8 Å². The Morgan fingerprint density at radius 2 is 2.14 bits per heavy atom. The Morgan fingerprint density at radius 1 is 1.33 bits per heavy atom. The highest BCUT2D eigenvalue weighted by Gasteiger charge is 2.36. The van der Waals surface area contributed by atoms with E-state index in [9.17, 15) is 13.5 Å². The Labute approximate surface area is 128 Å². The molecule has 2 aromatic rings. The quantitative estimate of drug-likeness (QED) is 0.943. The minimum Gasteiger partial charge on any atom is -0.508 e. The number of hydrogen-bond donors (Lipinski definition) is 1. The molecule has 0 saturated carbocycles. The van der Waals surface area contributed by atoms with Crippen molar-refractivity contribution in [3.05, 3.63) is 46.2 Å². The largest absolute Gasteiger partial charge is 0.508 e. The van der Waals surface area contributed by atoms with Crippen molar-refractivity contribution in [1.29, 1.82) is 0 Å². The smallest absolute Gasteiger partial charge is 0.243 e. The maximum absolute atomic E-state index is 12.8. The summed E-state index contributed by atoms with van der Waals surface area (Å²) in [6.45, 7) is 2.27. The summed E-state index contributed by atoms with van der Waals surface area (Å²) in [4.78, 5) is 1.24. The van der Waals surface area contributed by atoms with Gasteiger partial charge >= 0.3 is 0 Å². The maximum atomic E-state index is 12.8. The van der Waals surface area contributed by atoms with Gasteiger partial charge < -0.3 is 5.11 Å². The monoisotopic (exact) mass is 323 g/mol. The van der Waals surface area contributed by atoms with Crippen molar-refractivity contribution in [2.75, 3.05) is 6.54 Å². The van der Waals surface area contributed by atoms with Crippen LogP contribution in [0.1, 0.15) is 29.3 Å². The number of phenolic OH excluding ortho intramolecular Hbond substituents is 1. The van der Waals surface area contributed by atoms with E-state index >= 15 is 0 Å². The number of thiophene rings is 1. The highest BCUT2D eigenvalue weighted by Crippen LogP contribution is 2.38. The molecule has 1 saturated heterocycles. The van der Waals surface area contributed by atoms with Gasteiger partial charge in [-0.2, -0.15) is 4.31 Å².